The molecule has 29 heavy (non-hydrogen) atoms. The Bertz CT molecular complexity index is 841. The Morgan fingerprint density at radius 2 is 2.17 bits per heavy atom. The van der Waals surface area contributed by atoms with Gasteiger partial charge in [0.15, 0.2) is 0 Å². The molecule has 1 saturated heterocycles. The first-order valence-corrected chi connectivity index (χ1v) is 9.37. The van der Waals surface area contributed by atoms with E-state index in [2.05, 4.69) is 5.32 Å². The van der Waals surface area contributed by atoms with Crippen molar-refractivity contribution in [3.05, 3.63) is 35.7 Å². The van der Waals surface area contributed by atoms with Gasteiger partial charge in [0, 0.05) is 32.7 Å². The van der Waals surface area contributed by atoms with E-state index in [9.17, 15) is 18.8 Å². The molecule has 1 aromatic carbocycles. The summed E-state index contributed by atoms with van der Waals surface area (Å²) in [5.41, 5.74) is 1.67. The molecule has 0 unspecified atom stereocenters. The topological polar surface area (TPSA) is 88.2 Å². The van der Waals surface area contributed by atoms with Gasteiger partial charge in [-0.15, -0.1) is 0 Å². The molecular weight excluding hydrogens is 381 g/mol. The highest BCUT2D eigenvalue weighted by Crippen LogP contribution is 2.29. The molecule has 1 fully saturated rings. The van der Waals surface area contributed by atoms with Crippen molar-refractivity contribution in [3.63, 3.8) is 0 Å². The summed E-state index contributed by atoms with van der Waals surface area (Å²) < 4.78 is 24.8. The van der Waals surface area contributed by atoms with Crippen LogP contribution in [0.2, 0.25) is 0 Å². The summed E-state index contributed by atoms with van der Waals surface area (Å²) in [7, 11) is 1.47. The molecule has 1 N–H and O–H groups in total. The van der Waals surface area contributed by atoms with Crippen LogP contribution in [0, 0.1) is 5.82 Å². The summed E-state index contributed by atoms with van der Waals surface area (Å²) in [4.78, 5) is 38.0. The van der Waals surface area contributed by atoms with Gasteiger partial charge in [0.2, 0.25) is 11.8 Å². The number of carbonyl (C=O) groups is 3. The van der Waals surface area contributed by atoms with Gasteiger partial charge in [0.25, 0.3) is 0 Å². The highest BCUT2D eigenvalue weighted by Gasteiger charge is 2.33. The number of ether oxygens (including phenoxy) is 2. The van der Waals surface area contributed by atoms with E-state index in [1.165, 1.54) is 25.0 Å². The van der Waals surface area contributed by atoms with Crippen molar-refractivity contribution in [2.75, 3.05) is 44.8 Å². The molecule has 9 heteroatoms. The molecule has 2 aliphatic rings. The average Bonchev–Trinajstić information content (AvgIpc) is 3.07. The predicted molar refractivity (Wildman–Crippen MR) is 104 cm³/mol. The molecule has 0 radical (unpaired) electrons. The van der Waals surface area contributed by atoms with E-state index in [0.29, 0.717) is 30.8 Å². The Labute approximate surface area is 168 Å². The van der Waals surface area contributed by atoms with E-state index in [-0.39, 0.29) is 31.5 Å². The Balaban J connectivity index is 1.67. The Morgan fingerprint density at radius 1 is 1.38 bits per heavy atom. The zero-order chi connectivity index (χ0) is 21.0. The van der Waals surface area contributed by atoms with Crippen LogP contribution in [-0.2, 0) is 19.1 Å². The van der Waals surface area contributed by atoms with E-state index in [0.717, 1.165) is 5.57 Å². The van der Waals surface area contributed by atoms with Crippen molar-refractivity contribution >= 4 is 29.2 Å². The first-order valence-electron chi connectivity index (χ1n) is 9.37. The number of hydrogen-bond acceptors (Lipinski definition) is 5. The molecule has 2 aliphatic heterocycles. The van der Waals surface area contributed by atoms with Crippen LogP contribution in [0.5, 0.6) is 0 Å². The number of nitrogens with one attached hydrogen (secondary N) is 1. The van der Waals surface area contributed by atoms with Crippen LogP contribution in [0.15, 0.2) is 24.3 Å². The maximum Gasteiger partial charge on any atom is 0.414 e. The zero-order valence-corrected chi connectivity index (χ0v) is 16.4. The Kier molecular flexibility index (Phi) is 6.48. The van der Waals surface area contributed by atoms with Crippen LogP contribution in [0.1, 0.15) is 18.9 Å². The van der Waals surface area contributed by atoms with Gasteiger partial charge in [-0.05, 0) is 30.2 Å². The quantitative estimate of drug-likeness (QED) is 0.776. The van der Waals surface area contributed by atoms with Gasteiger partial charge in [-0.25, -0.2) is 9.18 Å². The first kappa shape index (κ1) is 20.8. The van der Waals surface area contributed by atoms with Gasteiger partial charge in [-0.3, -0.25) is 14.5 Å². The second-order valence-electron chi connectivity index (χ2n) is 6.97. The van der Waals surface area contributed by atoms with E-state index in [4.69, 9.17) is 9.47 Å². The predicted octanol–water partition coefficient (Wildman–Crippen LogP) is 1.55. The van der Waals surface area contributed by atoms with Crippen molar-refractivity contribution in [1.29, 1.82) is 0 Å². The number of amides is 3. The number of halogens is 1. The summed E-state index contributed by atoms with van der Waals surface area (Å²) in [6.07, 6.45) is 1.32. The molecule has 8 nitrogen and oxygen atoms in total. The summed E-state index contributed by atoms with van der Waals surface area (Å²) in [6.45, 7) is 2.76. The minimum Gasteiger partial charge on any atom is -0.442 e. The molecule has 0 spiro atoms. The zero-order valence-electron chi connectivity index (χ0n) is 16.4. The van der Waals surface area contributed by atoms with Crippen LogP contribution in [-0.4, -0.2) is 68.8 Å². The largest absolute Gasteiger partial charge is 0.442 e. The lowest BCUT2D eigenvalue weighted by molar-refractivity contribution is -0.134. The molecule has 156 valence electrons. The fourth-order valence-corrected chi connectivity index (χ4v) is 3.38. The standard InChI is InChI=1S/C20H24FN3O5/c1-13(25)22-10-16-11-24(20(27)29-16)15-3-4-17(18(21)9-15)14-5-7-23(8-6-14)19(26)12-28-2/h3-5,9,16H,6-8,10-12H2,1-2H3,(H,22,25)/t16-/m0/s1. The highest BCUT2D eigenvalue weighted by atomic mass is 19.1. The molecule has 2 heterocycles. The van der Waals surface area contributed by atoms with Crippen molar-refractivity contribution < 1.29 is 28.2 Å². The smallest absolute Gasteiger partial charge is 0.414 e. The molecule has 0 aliphatic carbocycles. The second-order valence-corrected chi connectivity index (χ2v) is 6.97. The molecule has 3 rings (SSSR count). The minimum absolute atomic E-state index is 0.0289. The fourth-order valence-electron chi connectivity index (χ4n) is 3.38. The Morgan fingerprint density at radius 3 is 2.79 bits per heavy atom. The lowest BCUT2D eigenvalue weighted by Crippen LogP contribution is -2.37. The number of nitrogens with zero attached hydrogens (tertiary/aromatic N) is 2. The lowest BCUT2D eigenvalue weighted by atomic mass is 9.98. The summed E-state index contributed by atoms with van der Waals surface area (Å²) >= 11 is 0. The maximum atomic E-state index is 14.8. The first-order chi connectivity index (χ1) is 13.9. The number of methoxy groups -OCH3 is 1. The van der Waals surface area contributed by atoms with Gasteiger partial charge in [0.1, 0.15) is 18.5 Å². The molecule has 1 aromatic rings. The van der Waals surface area contributed by atoms with Gasteiger partial charge >= 0.3 is 6.09 Å². The van der Waals surface area contributed by atoms with Crippen LogP contribution < -0.4 is 10.2 Å². The van der Waals surface area contributed by atoms with E-state index >= 15 is 0 Å². The van der Waals surface area contributed by atoms with Gasteiger partial charge in [0.05, 0.1) is 18.8 Å². The molecular formula is C20H24FN3O5. The van der Waals surface area contributed by atoms with Crippen molar-refractivity contribution in [1.82, 2.24) is 10.2 Å². The molecule has 3 amide bonds. The Hall–Kier alpha value is -2.94. The normalized spacial score (nSPS) is 19.1. The lowest BCUT2D eigenvalue weighted by Gasteiger charge is -2.26. The van der Waals surface area contributed by atoms with Crippen LogP contribution in [0.25, 0.3) is 5.57 Å². The van der Waals surface area contributed by atoms with Crippen molar-refractivity contribution in [2.24, 2.45) is 0 Å². The number of anilines is 1. The third-order valence-electron chi connectivity index (χ3n) is 4.89. The molecule has 0 saturated carbocycles. The third kappa shape index (κ3) is 4.92. The van der Waals surface area contributed by atoms with Crippen LogP contribution in [0.4, 0.5) is 14.9 Å². The SMILES string of the molecule is COCC(=O)N1CC=C(c2ccc(N3C[C@H](CNC(C)=O)OC3=O)cc2F)CC1. The van der Waals surface area contributed by atoms with Gasteiger partial charge in [-0.1, -0.05) is 6.08 Å². The van der Waals surface area contributed by atoms with Crippen molar-refractivity contribution in [3.8, 4) is 0 Å². The van der Waals surface area contributed by atoms with E-state index in [1.807, 2.05) is 6.08 Å². The van der Waals surface area contributed by atoms with Gasteiger partial charge in [-0.2, -0.15) is 0 Å². The molecule has 1 atom stereocenters. The fraction of sp³-hybridized carbons (Fsp3) is 0.450. The second kappa shape index (κ2) is 9.04. The summed E-state index contributed by atoms with van der Waals surface area (Å²) in [5.74, 6) is -0.748. The summed E-state index contributed by atoms with van der Waals surface area (Å²) in [6, 6.07) is 4.61. The minimum atomic E-state index is -0.573. The highest BCUT2D eigenvalue weighted by molar-refractivity contribution is 5.90. The summed E-state index contributed by atoms with van der Waals surface area (Å²) in [5, 5.41) is 2.60. The van der Waals surface area contributed by atoms with Gasteiger partial charge < -0.3 is 19.7 Å². The number of cyclic esters (lactones) is 1. The number of hydrogen-bond donors (Lipinski definition) is 1. The third-order valence-corrected chi connectivity index (χ3v) is 4.89. The van der Waals surface area contributed by atoms with Crippen LogP contribution >= 0.6 is 0 Å². The molecule has 0 bridgehead atoms. The average molecular weight is 405 g/mol. The number of rotatable bonds is 6. The number of carbonyl (C=O) groups excluding carboxylic acids is 3. The molecule has 0 aromatic heterocycles. The van der Waals surface area contributed by atoms with E-state index < -0.39 is 18.0 Å². The number of benzene rings is 1. The van der Waals surface area contributed by atoms with Crippen LogP contribution in [0.3, 0.4) is 0 Å². The van der Waals surface area contributed by atoms with Crippen molar-refractivity contribution in [2.45, 2.75) is 19.4 Å². The van der Waals surface area contributed by atoms with E-state index in [1.54, 1.807) is 17.0 Å². The maximum absolute atomic E-state index is 14.8. The monoisotopic (exact) mass is 405 g/mol.